The zero-order valence-corrected chi connectivity index (χ0v) is 10.0. The molecule has 0 aliphatic heterocycles. The number of anilines is 1. The lowest BCUT2D eigenvalue weighted by Gasteiger charge is -2.12. The van der Waals surface area contributed by atoms with Crippen LogP contribution in [0.15, 0.2) is 43.0 Å². The van der Waals surface area contributed by atoms with Crippen molar-refractivity contribution in [2.75, 3.05) is 5.32 Å². The van der Waals surface area contributed by atoms with Crippen molar-refractivity contribution in [3.63, 3.8) is 0 Å². The van der Waals surface area contributed by atoms with Crippen molar-refractivity contribution in [2.45, 2.75) is 19.4 Å². The molecule has 0 fully saturated rings. The van der Waals surface area contributed by atoms with Crippen LogP contribution in [0, 0.1) is 5.82 Å². The zero-order valence-electron chi connectivity index (χ0n) is 10.0. The van der Waals surface area contributed by atoms with Crippen molar-refractivity contribution in [3.8, 4) is 0 Å². The first-order chi connectivity index (χ1) is 8.65. The predicted octanol–water partition coefficient (Wildman–Crippen LogP) is 2.61. The van der Waals surface area contributed by atoms with E-state index in [0.29, 0.717) is 12.1 Å². The van der Waals surface area contributed by atoms with Crippen LogP contribution in [0.4, 0.5) is 10.1 Å². The standard InChI is InChI=1S/C13H14FN3O/c1-10(17-6-5-15-9-17)7-13(18)16-12-4-2-3-11(14)8-12/h2-6,8-10H,7H2,1H3,(H,16,18)/t10-/m0/s1. The van der Waals surface area contributed by atoms with E-state index in [-0.39, 0.29) is 17.8 Å². The SMILES string of the molecule is C[C@@H](CC(=O)Nc1cccc(F)c1)n1ccnc1. The van der Waals surface area contributed by atoms with E-state index >= 15 is 0 Å². The van der Waals surface area contributed by atoms with E-state index in [4.69, 9.17) is 0 Å². The summed E-state index contributed by atoms with van der Waals surface area (Å²) in [5, 5.41) is 2.66. The number of nitrogens with one attached hydrogen (secondary N) is 1. The summed E-state index contributed by atoms with van der Waals surface area (Å²) in [5.74, 6) is -0.516. The van der Waals surface area contributed by atoms with E-state index < -0.39 is 0 Å². The third kappa shape index (κ3) is 3.16. The van der Waals surface area contributed by atoms with Gasteiger partial charge in [0.15, 0.2) is 0 Å². The molecule has 0 spiro atoms. The molecule has 18 heavy (non-hydrogen) atoms. The molecule has 0 unspecified atom stereocenters. The van der Waals surface area contributed by atoms with Crippen LogP contribution >= 0.6 is 0 Å². The summed E-state index contributed by atoms with van der Waals surface area (Å²) in [6.45, 7) is 1.92. The van der Waals surface area contributed by atoms with Gasteiger partial charge in [-0.05, 0) is 25.1 Å². The van der Waals surface area contributed by atoms with Crippen molar-refractivity contribution >= 4 is 11.6 Å². The number of amides is 1. The van der Waals surface area contributed by atoms with Crippen LogP contribution in [-0.2, 0) is 4.79 Å². The fraction of sp³-hybridized carbons (Fsp3) is 0.231. The molecule has 0 saturated carbocycles. The first-order valence-electron chi connectivity index (χ1n) is 5.68. The monoisotopic (exact) mass is 247 g/mol. The number of carbonyl (C=O) groups excluding carboxylic acids is 1. The van der Waals surface area contributed by atoms with Gasteiger partial charge in [0.1, 0.15) is 5.82 Å². The normalized spacial score (nSPS) is 12.1. The number of benzene rings is 1. The molecular weight excluding hydrogens is 233 g/mol. The van der Waals surface area contributed by atoms with Crippen molar-refractivity contribution in [1.82, 2.24) is 9.55 Å². The van der Waals surface area contributed by atoms with E-state index in [0.717, 1.165) is 0 Å². The first kappa shape index (κ1) is 12.3. The van der Waals surface area contributed by atoms with Crippen LogP contribution in [0.3, 0.4) is 0 Å². The topological polar surface area (TPSA) is 46.9 Å². The largest absolute Gasteiger partial charge is 0.334 e. The van der Waals surface area contributed by atoms with Crippen LogP contribution in [0.2, 0.25) is 0 Å². The lowest BCUT2D eigenvalue weighted by molar-refractivity contribution is -0.116. The summed E-state index contributed by atoms with van der Waals surface area (Å²) in [7, 11) is 0. The number of hydrogen-bond acceptors (Lipinski definition) is 2. The fourth-order valence-corrected chi connectivity index (χ4v) is 1.68. The fourth-order valence-electron chi connectivity index (χ4n) is 1.68. The van der Waals surface area contributed by atoms with E-state index in [1.54, 1.807) is 30.9 Å². The average Bonchev–Trinajstić information content (AvgIpc) is 2.81. The molecule has 1 aromatic carbocycles. The Morgan fingerprint density at radius 1 is 1.56 bits per heavy atom. The molecule has 1 N–H and O–H groups in total. The van der Waals surface area contributed by atoms with E-state index in [9.17, 15) is 9.18 Å². The molecule has 0 saturated heterocycles. The summed E-state index contributed by atoms with van der Waals surface area (Å²) >= 11 is 0. The number of aromatic nitrogens is 2. The maximum absolute atomic E-state index is 12.9. The molecule has 1 aromatic heterocycles. The molecular formula is C13H14FN3O. The second-order valence-corrected chi connectivity index (χ2v) is 4.12. The molecule has 94 valence electrons. The van der Waals surface area contributed by atoms with Crippen LogP contribution < -0.4 is 5.32 Å². The van der Waals surface area contributed by atoms with Gasteiger partial charge in [0.2, 0.25) is 5.91 Å². The van der Waals surface area contributed by atoms with Gasteiger partial charge in [0, 0.05) is 30.5 Å². The van der Waals surface area contributed by atoms with Gasteiger partial charge in [-0.25, -0.2) is 9.37 Å². The highest BCUT2D eigenvalue weighted by atomic mass is 19.1. The highest BCUT2D eigenvalue weighted by molar-refractivity contribution is 5.90. The molecule has 5 heteroatoms. The van der Waals surface area contributed by atoms with Crippen molar-refractivity contribution in [1.29, 1.82) is 0 Å². The molecule has 0 radical (unpaired) electrons. The summed E-state index contributed by atoms with van der Waals surface area (Å²) in [4.78, 5) is 15.7. The molecule has 1 atom stereocenters. The number of imidazole rings is 1. The maximum atomic E-state index is 12.9. The minimum Gasteiger partial charge on any atom is -0.334 e. The average molecular weight is 247 g/mol. The number of nitrogens with zero attached hydrogens (tertiary/aromatic N) is 2. The van der Waals surface area contributed by atoms with Crippen molar-refractivity contribution < 1.29 is 9.18 Å². The second kappa shape index (κ2) is 5.44. The van der Waals surface area contributed by atoms with Gasteiger partial charge < -0.3 is 9.88 Å². The Labute approximate surface area is 104 Å². The molecule has 1 amide bonds. The van der Waals surface area contributed by atoms with Gasteiger partial charge in [-0.1, -0.05) is 6.07 Å². The number of hydrogen-bond donors (Lipinski definition) is 1. The highest BCUT2D eigenvalue weighted by Gasteiger charge is 2.10. The number of rotatable bonds is 4. The predicted molar refractivity (Wildman–Crippen MR) is 66.6 cm³/mol. The molecule has 2 aromatic rings. The smallest absolute Gasteiger partial charge is 0.226 e. The third-order valence-corrected chi connectivity index (χ3v) is 2.62. The third-order valence-electron chi connectivity index (χ3n) is 2.62. The highest BCUT2D eigenvalue weighted by Crippen LogP contribution is 2.13. The van der Waals surface area contributed by atoms with Crippen LogP contribution in [-0.4, -0.2) is 15.5 Å². The second-order valence-electron chi connectivity index (χ2n) is 4.12. The Hall–Kier alpha value is -2.17. The molecule has 4 nitrogen and oxygen atoms in total. The Balaban J connectivity index is 1.93. The Kier molecular flexibility index (Phi) is 3.72. The summed E-state index contributed by atoms with van der Waals surface area (Å²) in [6.07, 6.45) is 5.45. The van der Waals surface area contributed by atoms with Gasteiger partial charge in [-0.3, -0.25) is 4.79 Å². The number of halogens is 1. The van der Waals surface area contributed by atoms with Crippen LogP contribution in [0.5, 0.6) is 0 Å². The first-order valence-corrected chi connectivity index (χ1v) is 5.68. The van der Waals surface area contributed by atoms with Gasteiger partial charge in [-0.2, -0.15) is 0 Å². The minimum atomic E-state index is -0.365. The van der Waals surface area contributed by atoms with E-state index in [1.807, 2.05) is 11.5 Å². The van der Waals surface area contributed by atoms with Crippen LogP contribution in [0.1, 0.15) is 19.4 Å². The number of carbonyl (C=O) groups is 1. The minimum absolute atomic E-state index is 0.0149. The Morgan fingerprint density at radius 2 is 2.39 bits per heavy atom. The maximum Gasteiger partial charge on any atom is 0.226 e. The van der Waals surface area contributed by atoms with Gasteiger partial charge in [0.25, 0.3) is 0 Å². The summed E-state index contributed by atoms with van der Waals surface area (Å²) < 4.78 is 14.8. The van der Waals surface area contributed by atoms with E-state index in [1.165, 1.54) is 12.1 Å². The Bertz CT molecular complexity index is 525. The lowest BCUT2D eigenvalue weighted by Crippen LogP contribution is -2.17. The molecule has 0 aliphatic carbocycles. The van der Waals surface area contributed by atoms with Gasteiger partial charge >= 0.3 is 0 Å². The van der Waals surface area contributed by atoms with Gasteiger partial charge in [0.05, 0.1) is 6.33 Å². The van der Waals surface area contributed by atoms with Crippen LogP contribution in [0.25, 0.3) is 0 Å². The van der Waals surface area contributed by atoms with Crippen molar-refractivity contribution in [3.05, 3.63) is 48.8 Å². The van der Waals surface area contributed by atoms with E-state index in [2.05, 4.69) is 10.3 Å². The summed E-state index contributed by atoms with van der Waals surface area (Å²) in [5.41, 5.74) is 0.470. The summed E-state index contributed by atoms with van der Waals surface area (Å²) in [6, 6.07) is 5.86. The molecule has 2 rings (SSSR count). The van der Waals surface area contributed by atoms with Gasteiger partial charge in [-0.15, -0.1) is 0 Å². The Morgan fingerprint density at radius 3 is 3.06 bits per heavy atom. The lowest BCUT2D eigenvalue weighted by atomic mass is 10.2. The molecule has 1 heterocycles. The quantitative estimate of drug-likeness (QED) is 0.902. The zero-order chi connectivity index (χ0) is 13.0. The molecule has 0 bridgehead atoms. The van der Waals surface area contributed by atoms with Crippen molar-refractivity contribution in [2.24, 2.45) is 0 Å². The molecule has 0 aliphatic rings.